The van der Waals surface area contributed by atoms with Gasteiger partial charge in [-0.15, -0.1) is 0 Å². The van der Waals surface area contributed by atoms with Crippen LogP contribution < -0.4 is 16.0 Å². The number of nitrogens with one attached hydrogen (secondary N) is 3. The molecule has 1 aromatic carbocycles. The van der Waals surface area contributed by atoms with E-state index < -0.39 is 29.6 Å². The molecule has 29 heavy (non-hydrogen) atoms. The number of carbonyl (C=O) groups is 2. The van der Waals surface area contributed by atoms with Gasteiger partial charge in [-0.3, -0.25) is 9.59 Å². The number of hydrogen-bond acceptors (Lipinski definition) is 4. The molecule has 1 unspecified atom stereocenters. The van der Waals surface area contributed by atoms with E-state index >= 15 is 0 Å². The van der Waals surface area contributed by atoms with Crippen LogP contribution in [-0.2, 0) is 15.8 Å². The van der Waals surface area contributed by atoms with Gasteiger partial charge in [0.15, 0.2) is 0 Å². The Morgan fingerprint density at radius 1 is 1.10 bits per heavy atom. The lowest BCUT2D eigenvalue weighted by Crippen LogP contribution is -2.45. The van der Waals surface area contributed by atoms with Gasteiger partial charge in [0.05, 0.1) is 5.56 Å². The van der Waals surface area contributed by atoms with Crippen LogP contribution in [0.4, 0.5) is 19.0 Å². The normalized spacial score (nSPS) is 12.4. The van der Waals surface area contributed by atoms with Crippen molar-refractivity contribution in [2.24, 2.45) is 0 Å². The predicted molar refractivity (Wildman–Crippen MR) is 104 cm³/mol. The van der Waals surface area contributed by atoms with Crippen LogP contribution in [0.3, 0.4) is 0 Å². The van der Waals surface area contributed by atoms with E-state index in [4.69, 9.17) is 0 Å². The van der Waals surface area contributed by atoms with Crippen LogP contribution in [0.1, 0.15) is 18.1 Å². The van der Waals surface area contributed by atoms with Gasteiger partial charge in [0.1, 0.15) is 11.9 Å². The monoisotopic (exact) mass is 406 g/mol. The molecule has 3 N–H and O–H groups in total. The first-order valence-corrected chi connectivity index (χ1v) is 8.85. The molecule has 2 rings (SSSR count). The molecule has 0 radical (unpaired) electrons. The van der Waals surface area contributed by atoms with Gasteiger partial charge in [-0.25, -0.2) is 4.98 Å². The Kier molecular flexibility index (Phi) is 7.76. The van der Waals surface area contributed by atoms with Crippen molar-refractivity contribution in [1.82, 2.24) is 15.6 Å². The summed E-state index contributed by atoms with van der Waals surface area (Å²) in [5.41, 5.74) is -0.0317. The average molecular weight is 406 g/mol. The Labute approximate surface area is 166 Å². The molecular formula is C20H21F3N4O2. The molecule has 0 saturated heterocycles. The highest BCUT2D eigenvalue weighted by molar-refractivity contribution is 5.95. The quantitative estimate of drug-likeness (QED) is 0.465. The number of anilines is 1. The standard InChI is InChI=1S/C20H21F3N4O2/c1-14(27-17(28)10-9-15-6-3-2-4-7-15)19(29)26-13-12-25-18-16(20(21,22)23)8-5-11-24-18/h2-11,14H,12-13H2,1H3,(H,24,25)(H,26,29)(H,27,28). The Balaban J connectivity index is 1.75. The Hall–Kier alpha value is -3.36. The fraction of sp³-hybridized carbons (Fsp3) is 0.250. The number of rotatable bonds is 8. The number of aromatic nitrogens is 1. The molecular weight excluding hydrogens is 385 g/mol. The number of pyridine rings is 1. The van der Waals surface area contributed by atoms with Crippen LogP contribution in [0.25, 0.3) is 6.08 Å². The maximum Gasteiger partial charge on any atom is 0.419 e. The highest BCUT2D eigenvalue weighted by atomic mass is 19.4. The number of benzene rings is 1. The zero-order valence-electron chi connectivity index (χ0n) is 15.7. The number of halogens is 3. The van der Waals surface area contributed by atoms with E-state index in [1.54, 1.807) is 6.08 Å². The third-order valence-corrected chi connectivity index (χ3v) is 3.81. The lowest BCUT2D eigenvalue weighted by Gasteiger charge is -2.15. The van der Waals surface area contributed by atoms with E-state index in [2.05, 4.69) is 20.9 Å². The van der Waals surface area contributed by atoms with Crippen molar-refractivity contribution < 1.29 is 22.8 Å². The minimum absolute atomic E-state index is 0.0421. The second-order valence-corrected chi connectivity index (χ2v) is 6.09. The van der Waals surface area contributed by atoms with Crippen LogP contribution in [0.2, 0.25) is 0 Å². The fourth-order valence-corrected chi connectivity index (χ4v) is 2.36. The van der Waals surface area contributed by atoms with Crippen LogP contribution in [0.5, 0.6) is 0 Å². The Bertz CT molecular complexity index is 854. The van der Waals surface area contributed by atoms with Crippen LogP contribution in [0, 0.1) is 0 Å². The van der Waals surface area contributed by atoms with E-state index in [0.717, 1.165) is 11.6 Å². The number of carbonyl (C=O) groups excluding carboxylic acids is 2. The smallest absolute Gasteiger partial charge is 0.368 e. The Morgan fingerprint density at radius 2 is 1.83 bits per heavy atom. The molecule has 9 heteroatoms. The minimum Gasteiger partial charge on any atom is -0.368 e. The molecule has 2 aromatic rings. The summed E-state index contributed by atoms with van der Waals surface area (Å²) in [6.45, 7) is 1.62. The van der Waals surface area contributed by atoms with Gasteiger partial charge >= 0.3 is 6.18 Å². The molecule has 0 fully saturated rings. The molecule has 2 amide bonds. The third kappa shape index (κ3) is 7.28. The van der Waals surface area contributed by atoms with Crippen LogP contribution >= 0.6 is 0 Å². The van der Waals surface area contributed by atoms with Crippen molar-refractivity contribution in [3.05, 3.63) is 65.9 Å². The van der Waals surface area contributed by atoms with Gasteiger partial charge < -0.3 is 16.0 Å². The van der Waals surface area contributed by atoms with Crippen molar-refractivity contribution in [3.63, 3.8) is 0 Å². The minimum atomic E-state index is -4.52. The first-order chi connectivity index (χ1) is 13.8. The summed E-state index contributed by atoms with van der Waals surface area (Å²) < 4.78 is 38.7. The SMILES string of the molecule is CC(NC(=O)C=Cc1ccccc1)C(=O)NCCNc1ncccc1C(F)(F)F. The van der Waals surface area contributed by atoms with E-state index in [1.807, 2.05) is 30.3 Å². The maximum absolute atomic E-state index is 12.9. The number of hydrogen-bond donors (Lipinski definition) is 3. The summed E-state index contributed by atoms with van der Waals surface area (Å²) in [5, 5.41) is 7.61. The molecule has 0 saturated carbocycles. The fourth-order valence-electron chi connectivity index (χ4n) is 2.36. The first-order valence-electron chi connectivity index (χ1n) is 8.85. The summed E-state index contributed by atoms with van der Waals surface area (Å²) >= 11 is 0. The zero-order valence-corrected chi connectivity index (χ0v) is 15.7. The van der Waals surface area contributed by atoms with Gasteiger partial charge in [0, 0.05) is 25.4 Å². The molecule has 0 bridgehead atoms. The zero-order chi connectivity index (χ0) is 21.3. The van der Waals surface area contributed by atoms with Gasteiger partial charge in [0.2, 0.25) is 11.8 Å². The third-order valence-electron chi connectivity index (χ3n) is 3.81. The van der Waals surface area contributed by atoms with Crippen molar-refractivity contribution in [2.75, 3.05) is 18.4 Å². The molecule has 0 spiro atoms. The highest BCUT2D eigenvalue weighted by Gasteiger charge is 2.33. The summed E-state index contributed by atoms with van der Waals surface area (Å²) in [7, 11) is 0. The number of amides is 2. The molecule has 1 heterocycles. The lowest BCUT2D eigenvalue weighted by atomic mass is 10.2. The van der Waals surface area contributed by atoms with E-state index in [0.29, 0.717) is 0 Å². The summed E-state index contributed by atoms with van der Waals surface area (Å²) in [6.07, 6.45) is -0.335. The molecule has 0 aliphatic carbocycles. The van der Waals surface area contributed by atoms with E-state index in [9.17, 15) is 22.8 Å². The van der Waals surface area contributed by atoms with Crippen molar-refractivity contribution in [3.8, 4) is 0 Å². The van der Waals surface area contributed by atoms with Gasteiger partial charge in [0.25, 0.3) is 0 Å². The topological polar surface area (TPSA) is 83.1 Å². The van der Waals surface area contributed by atoms with Crippen LogP contribution in [-0.4, -0.2) is 35.9 Å². The van der Waals surface area contributed by atoms with Crippen molar-refractivity contribution >= 4 is 23.7 Å². The number of alkyl halides is 3. The van der Waals surface area contributed by atoms with E-state index in [-0.39, 0.29) is 18.9 Å². The Morgan fingerprint density at radius 3 is 2.52 bits per heavy atom. The second kappa shape index (κ2) is 10.3. The average Bonchev–Trinajstić information content (AvgIpc) is 2.69. The van der Waals surface area contributed by atoms with Gasteiger partial charge in [-0.2, -0.15) is 13.2 Å². The predicted octanol–water partition coefficient (Wildman–Crippen LogP) is 2.85. The van der Waals surface area contributed by atoms with E-state index in [1.165, 1.54) is 25.3 Å². The van der Waals surface area contributed by atoms with Crippen LogP contribution in [0.15, 0.2) is 54.7 Å². The second-order valence-electron chi connectivity index (χ2n) is 6.09. The molecule has 1 atom stereocenters. The molecule has 6 nitrogen and oxygen atoms in total. The summed E-state index contributed by atoms with van der Waals surface area (Å²) in [4.78, 5) is 27.6. The van der Waals surface area contributed by atoms with Gasteiger partial charge in [-0.05, 0) is 30.7 Å². The van der Waals surface area contributed by atoms with Gasteiger partial charge in [-0.1, -0.05) is 30.3 Å². The largest absolute Gasteiger partial charge is 0.419 e. The lowest BCUT2D eigenvalue weighted by molar-refractivity contribution is -0.137. The highest BCUT2D eigenvalue weighted by Crippen LogP contribution is 2.33. The van der Waals surface area contributed by atoms with Crippen molar-refractivity contribution in [1.29, 1.82) is 0 Å². The summed E-state index contributed by atoms with van der Waals surface area (Å²) in [5.74, 6) is -1.19. The van der Waals surface area contributed by atoms with Crippen molar-refractivity contribution in [2.45, 2.75) is 19.1 Å². The molecule has 0 aliphatic rings. The first kappa shape index (κ1) is 21.9. The summed E-state index contributed by atoms with van der Waals surface area (Å²) in [6, 6.07) is 10.5. The molecule has 0 aliphatic heterocycles. The number of nitrogens with zero attached hydrogens (tertiary/aromatic N) is 1. The maximum atomic E-state index is 12.9. The molecule has 154 valence electrons. The molecule has 1 aromatic heterocycles.